The van der Waals surface area contributed by atoms with Crippen LogP contribution in [0.5, 0.6) is 5.75 Å². The third-order valence-electron chi connectivity index (χ3n) is 6.69. The van der Waals surface area contributed by atoms with Gasteiger partial charge in [-0.1, -0.05) is 6.07 Å². The Balaban J connectivity index is 1.48. The number of methoxy groups -OCH3 is 1. The summed E-state index contributed by atoms with van der Waals surface area (Å²) in [4.78, 5) is 39.4. The van der Waals surface area contributed by atoms with E-state index in [1.807, 2.05) is 18.3 Å². The fourth-order valence-electron chi connectivity index (χ4n) is 4.72. The molecule has 2 aromatic carbocycles. The van der Waals surface area contributed by atoms with Gasteiger partial charge >= 0.3 is 5.76 Å². The van der Waals surface area contributed by atoms with Crippen LogP contribution in [0.15, 0.2) is 56.7 Å². The fraction of sp³-hybridized carbons (Fsp3) is 0.231. The van der Waals surface area contributed by atoms with Crippen molar-refractivity contribution >= 4 is 22.1 Å². The molecule has 0 unspecified atom stereocenters. The highest BCUT2D eigenvalue weighted by molar-refractivity contribution is 5.94. The SMILES string of the molecule is COc1cc(-c2cnc3[nH]cc(-c4ccc5c(=O)n(C)c(=O)oc5c4)c3n2)cc2c1CN(C)CC2. The molecule has 3 aromatic heterocycles. The van der Waals surface area contributed by atoms with Gasteiger partial charge in [0.1, 0.15) is 16.8 Å². The third kappa shape index (κ3) is 3.43. The molecule has 9 nitrogen and oxygen atoms in total. The van der Waals surface area contributed by atoms with Crippen molar-refractivity contribution in [2.24, 2.45) is 7.05 Å². The molecular weight excluding hydrogens is 446 g/mol. The van der Waals surface area contributed by atoms with Crippen molar-refractivity contribution in [1.29, 1.82) is 0 Å². The van der Waals surface area contributed by atoms with Crippen LogP contribution < -0.4 is 16.1 Å². The van der Waals surface area contributed by atoms with Crippen molar-refractivity contribution in [1.82, 2.24) is 24.4 Å². The molecule has 0 bridgehead atoms. The molecule has 9 heteroatoms. The van der Waals surface area contributed by atoms with Gasteiger partial charge in [-0.05, 0) is 48.9 Å². The van der Waals surface area contributed by atoms with Gasteiger partial charge in [0.05, 0.1) is 24.4 Å². The average Bonchev–Trinajstić information content (AvgIpc) is 3.29. The van der Waals surface area contributed by atoms with Crippen molar-refractivity contribution in [2.75, 3.05) is 20.7 Å². The summed E-state index contributed by atoms with van der Waals surface area (Å²) in [5.41, 5.74) is 6.88. The Morgan fingerprint density at radius 3 is 2.80 bits per heavy atom. The van der Waals surface area contributed by atoms with Crippen LogP contribution in [0.1, 0.15) is 11.1 Å². The maximum atomic E-state index is 12.4. The smallest absolute Gasteiger partial charge is 0.422 e. The maximum Gasteiger partial charge on any atom is 0.422 e. The average molecular weight is 470 g/mol. The number of hydrogen-bond acceptors (Lipinski definition) is 7. The number of fused-ring (bicyclic) bond motifs is 3. The van der Waals surface area contributed by atoms with Crippen molar-refractivity contribution in [3.63, 3.8) is 0 Å². The van der Waals surface area contributed by atoms with Crippen molar-refractivity contribution in [3.05, 3.63) is 74.8 Å². The van der Waals surface area contributed by atoms with E-state index in [1.54, 1.807) is 25.4 Å². The lowest BCUT2D eigenvalue weighted by molar-refractivity contribution is 0.302. The molecule has 0 radical (unpaired) electrons. The van der Waals surface area contributed by atoms with E-state index in [0.717, 1.165) is 52.2 Å². The number of aromatic nitrogens is 4. The van der Waals surface area contributed by atoms with Gasteiger partial charge in [0, 0.05) is 43.0 Å². The summed E-state index contributed by atoms with van der Waals surface area (Å²) >= 11 is 0. The number of nitrogens with one attached hydrogen (secondary N) is 1. The number of H-pyrrole nitrogens is 1. The largest absolute Gasteiger partial charge is 0.496 e. The quantitative estimate of drug-likeness (QED) is 0.433. The van der Waals surface area contributed by atoms with E-state index in [4.69, 9.17) is 14.1 Å². The Morgan fingerprint density at radius 1 is 1.11 bits per heavy atom. The molecule has 1 aliphatic rings. The molecule has 1 N–H and O–H groups in total. The Hall–Kier alpha value is -4.24. The molecular formula is C26H23N5O4. The number of rotatable bonds is 3. The first kappa shape index (κ1) is 21.3. The molecule has 0 aliphatic carbocycles. The molecule has 6 rings (SSSR count). The molecule has 0 fully saturated rings. The minimum absolute atomic E-state index is 0.235. The first-order chi connectivity index (χ1) is 16.9. The summed E-state index contributed by atoms with van der Waals surface area (Å²) in [5, 5.41) is 0.342. The summed E-state index contributed by atoms with van der Waals surface area (Å²) in [6.07, 6.45) is 4.52. The van der Waals surface area contributed by atoms with Crippen LogP contribution in [0.2, 0.25) is 0 Å². The minimum atomic E-state index is -0.701. The molecule has 35 heavy (non-hydrogen) atoms. The number of benzene rings is 2. The second-order valence-electron chi connectivity index (χ2n) is 8.90. The van der Waals surface area contributed by atoms with Crippen LogP contribution in [0, 0.1) is 0 Å². The highest BCUT2D eigenvalue weighted by Crippen LogP contribution is 2.34. The summed E-state index contributed by atoms with van der Waals surface area (Å²) in [7, 11) is 5.20. The van der Waals surface area contributed by atoms with E-state index in [-0.39, 0.29) is 5.58 Å². The van der Waals surface area contributed by atoms with Gasteiger partial charge in [-0.15, -0.1) is 0 Å². The predicted molar refractivity (Wildman–Crippen MR) is 133 cm³/mol. The van der Waals surface area contributed by atoms with E-state index in [9.17, 15) is 9.59 Å². The summed E-state index contributed by atoms with van der Waals surface area (Å²) < 4.78 is 12.0. The number of likely N-dealkylation sites (N-methyl/N-ethyl adjacent to an activating group) is 1. The molecule has 5 aromatic rings. The normalized spacial score (nSPS) is 13.9. The van der Waals surface area contributed by atoms with Gasteiger partial charge < -0.3 is 19.0 Å². The Labute approximate surface area is 199 Å². The van der Waals surface area contributed by atoms with Crippen LogP contribution in [-0.4, -0.2) is 45.1 Å². The van der Waals surface area contributed by atoms with Gasteiger partial charge in [-0.2, -0.15) is 0 Å². The lowest BCUT2D eigenvalue weighted by Crippen LogP contribution is -2.29. The maximum absolute atomic E-state index is 12.4. The summed E-state index contributed by atoms with van der Waals surface area (Å²) in [6, 6.07) is 9.36. The monoisotopic (exact) mass is 469 g/mol. The third-order valence-corrected chi connectivity index (χ3v) is 6.69. The standard InChI is InChI=1S/C26H23N5O4/c1-30-7-6-15-8-16(10-21(34-3)19(15)13-30)20-12-28-24-23(29-20)18(11-27-24)14-4-5-17-22(9-14)35-26(33)31(2)25(17)32/h4-5,8-12H,6-7,13H2,1-3H3,(H,27,28). The van der Waals surface area contributed by atoms with Crippen molar-refractivity contribution in [3.8, 4) is 28.1 Å². The van der Waals surface area contributed by atoms with E-state index in [2.05, 4.69) is 28.0 Å². The van der Waals surface area contributed by atoms with Crippen LogP contribution >= 0.6 is 0 Å². The predicted octanol–water partition coefficient (Wildman–Crippen LogP) is 3.09. The molecule has 176 valence electrons. The first-order valence-electron chi connectivity index (χ1n) is 11.3. The van der Waals surface area contributed by atoms with Crippen LogP contribution in [0.3, 0.4) is 0 Å². The van der Waals surface area contributed by atoms with E-state index in [0.29, 0.717) is 16.6 Å². The molecule has 0 amide bonds. The molecule has 4 heterocycles. The Kier molecular flexibility index (Phi) is 4.82. The van der Waals surface area contributed by atoms with Gasteiger partial charge in [-0.3, -0.25) is 4.79 Å². The summed E-state index contributed by atoms with van der Waals surface area (Å²) in [5.74, 6) is 0.152. The second-order valence-corrected chi connectivity index (χ2v) is 8.90. The zero-order valence-electron chi connectivity index (χ0n) is 19.6. The van der Waals surface area contributed by atoms with Crippen LogP contribution in [0.25, 0.3) is 44.5 Å². The molecule has 0 saturated heterocycles. The highest BCUT2D eigenvalue weighted by atomic mass is 16.5. The Morgan fingerprint density at radius 2 is 1.97 bits per heavy atom. The zero-order valence-corrected chi connectivity index (χ0v) is 19.6. The second kappa shape index (κ2) is 7.92. The lowest BCUT2D eigenvalue weighted by atomic mass is 9.95. The van der Waals surface area contributed by atoms with Crippen molar-refractivity contribution in [2.45, 2.75) is 13.0 Å². The molecule has 0 spiro atoms. The van der Waals surface area contributed by atoms with E-state index >= 15 is 0 Å². The van der Waals surface area contributed by atoms with Crippen LogP contribution in [0.4, 0.5) is 0 Å². The first-order valence-corrected chi connectivity index (χ1v) is 11.3. The molecule has 1 aliphatic heterocycles. The molecule has 0 saturated carbocycles. The zero-order chi connectivity index (χ0) is 24.3. The van der Waals surface area contributed by atoms with E-state index in [1.165, 1.54) is 18.2 Å². The van der Waals surface area contributed by atoms with Gasteiger partial charge in [0.2, 0.25) is 0 Å². The van der Waals surface area contributed by atoms with Gasteiger partial charge in [0.25, 0.3) is 5.56 Å². The van der Waals surface area contributed by atoms with Gasteiger partial charge in [-0.25, -0.2) is 19.3 Å². The minimum Gasteiger partial charge on any atom is -0.496 e. The Bertz CT molecular complexity index is 1730. The topological polar surface area (TPSA) is 106 Å². The number of ether oxygens (including phenoxy) is 1. The number of hydrogen-bond donors (Lipinski definition) is 1. The number of nitrogens with zero attached hydrogens (tertiary/aromatic N) is 4. The molecule has 0 atom stereocenters. The summed E-state index contributed by atoms with van der Waals surface area (Å²) in [6.45, 7) is 1.85. The number of aromatic amines is 1. The fourth-order valence-corrected chi connectivity index (χ4v) is 4.72. The van der Waals surface area contributed by atoms with Crippen LogP contribution in [-0.2, 0) is 20.0 Å². The van der Waals surface area contributed by atoms with Gasteiger partial charge in [0.15, 0.2) is 5.65 Å². The van der Waals surface area contributed by atoms with Crippen molar-refractivity contribution < 1.29 is 9.15 Å². The lowest BCUT2D eigenvalue weighted by Gasteiger charge is -2.27. The highest BCUT2D eigenvalue weighted by Gasteiger charge is 2.20. The van der Waals surface area contributed by atoms with E-state index < -0.39 is 11.3 Å².